The summed E-state index contributed by atoms with van der Waals surface area (Å²) < 4.78 is 0. The first-order valence-electron chi connectivity index (χ1n) is 5.33. The second kappa shape index (κ2) is 2.86. The maximum absolute atomic E-state index is 11.8. The summed E-state index contributed by atoms with van der Waals surface area (Å²) in [5.74, 6) is 1.33. The van der Waals surface area contributed by atoms with Crippen molar-refractivity contribution in [3.63, 3.8) is 0 Å². The molecule has 0 N–H and O–H groups in total. The van der Waals surface area contributed by atoms with Crippen molar-refractivity contribution in [3.05, 3.63) is 0 Å². The number of rotatable bonds is 1. The zero-order valence-electron chi connectivity index (χ0n) is 7.94. The molecule has 2 rings (SSSR count). The lowest BCUT2D eigenvalue weighted by Crippen LogP contribution is -2.34. The molecule has 0 bridgehead atoms. The first-order chi connectivity index (χ1) is 5.79. The highest BCUT2D eigenvalue weighted by Crippen LogP contribution is 2.51. The fraction of sp³-hybridized carbons (Fsp3) is 0.909. The molecule has 2 atom stereocenters. The summed E-state index contributed by atoms with van der Waals surface area (Å²) in [6, 6.07) is 0. The summed E-state index contributed by atoms with van der Waals surface area (Å²) in [4.78, 5) is 11.8. The van der Waals surface area contributed by atoms with E-state index in [1.54, 1.807) is 0 Å². The molecule has 0 spiro atoms. The van der Waals surface area contributed by atoms with E-state index in [1.165, 1.54) is 32.1 Å². The minimum atomic E-state index is 0.151. The van der Waals surface area contributed by atoms with Crippen LogP contribution in [-0.2, 0) is 4.79 Å². The van der Waals surface area contributed by atoms with Gasteiger partial charge in [0.25, 0.3) is 0 Å². The molecule has 0 aromatic carbocycles. The number of fused-ring (bicyclic) bond motifs is 1. The van der Waals surface area contributed by atoms with Crippen LogP contribution in [0.1, 0.15) is 51.9 Å². The Bertz CT molecular complexity index is 197. The number of hydrogen-bond donors (Lipinski definition) is 0. The van der Waals surface area contributed by atoms with Gasteiger partial charge in [0.15, 0.2) is 0 Å². The molecule has 0 heterocycles. The van der Waals surface area contributed by atoms with Crippen molar-refractivity contribution in [1.82, 2.24) is 0 Å². The van der Waals surface area contributed by atoms with Gasteiger partial charge in [0.1, 0.15) is 5.78 Å². The molecule has 2 fully saturated rings. The van der Waals surface area contributed by atoms with Crippen LogP contribution in [0.4, 0.5) is 0 Å². The topological polar surface area (TPSA) is 17.1 Å². The molecule has 0 aromatic rings. The Kier molecular flexibility index (Phi) is 1.97. The second-order valence-corrected chi connectivity index (χ2v) is 4.41. The fourth-order valence-electron chi connectivity index (χ4n) is 3.32. The van der Waals surface area contributed by atoms with Gasteiger partial charge in [-0.3, -0.25) is 4.79 Å². The Morgan fingerprint density at radius 1 is 1.42 bits per heavy atom. The molecule has 68 valence electrons. The molecule has 0 aromatic heterocycles. The summed E-state index contributed by atoms with van der Waals surface area (Å²) in [5.41, 5.74) is 0.151. The minimum absolute atomic E-state index is 0.151. The largest absolute Gasteiger partial charge is 0.299 e. The number of carbonyl (C=O) groups excluding carboxylic acids is 1. The van der Waals surface area contributed by atoms with Gasteiger partial charge in [-0.05, 0) is 31.6 Å². The lowest BCUT2D eigenvalue weighted by atomic mass is 9.66. The van der Waals surface area contributed by atoms with E-state index in [9.17, 15) is 4.79 Å². The number of ketones is 1. The van der Waals surface area contributed by atoms with Crippen molar-refractivity contribution in [2.45, 2.75) is 51.9 Å². The number of Topliss-reactive ketones (excluding diaryl/α,β-unsaturated/α-hetero) is 1. The van der Waals surface area contributed by atoms with Gasteiger partial charge in [0.05, 0.1) is 0 Å². The molecule has 0 aliphatic heterocycles. The maximum Gasteiger partial charge on any atom is 0.139 e. The minimum Gasteiger partial charge on any atom is -0.299 e. The van der Waals surface area contributed by atoms with Gasteiger partial charge in [-0.2, -0.15) is 0 Å². The predicted molar refractivity (Wildman–Crippen MR) is 48.9 cm³/mol. The Morgan fingerprint density at radius 2 is 2.25 bits per heavy atom. The highest BCUT2D eigenvalue weighted by atomic mass is 16.1. The van der Waals surface area contributed by atoms with Gasteiger partial charge in [-0.25, -0.2) is 0 Å². The normalized spacial score (nSPS) is 41.4. The van der Waals surface area contributed by atoms with Crippen molar-refractivity contribution >= 4 is 5.78 Å². The zero-order valence-corrected chi connectivity index (χ0v) is 7.94. The van der Waals surface area contributed by atoms with Crippen molar-refractivity contribution in [2.75, 3.05) is 0 Å². The third kappa shape index (κ3) is 0.949. The second-order valence-electron chi connectivity index (χ2n) is 4.41. The molecule has 2 unspecified atom stereocenters. The molecular formula is C11H18O. The third-order valence-electron chi connectivity index (χ3n) is 4.11. The van der Waals surface area contributed by atoms with Gasteiger partial charge in [-0.15, -0.1) is 0 Å². The van der Waals surface area contributed by atoms with E-state index in [1.807, 2.05) is 0 Å². The highest BCUT2D eigenvalue weighted by Gasteiger charge is 2.48. The first kappa shape index (κ1) is 8.28. The molecule has 0 radical (unpaired) electrons. The van der Waals surface area contributed by atoms with E-state index in [0.29, 0.717) is 5.78 Å². The van der Waals surface area contributed by atoms with E-state index < -0.39 is 0 Å². The fourth-order valence-corrected chi connectivity index (χ4v) is 3.32. The van der Waals surface area contributed by atoms with Crippen LogP contribution in [0.15, 0.2) is 0 Å². The highest BCUT2D eigenvalue weighted by molar-refractivity contribution is 5.87. The van der Waals surface area contributed by atoms with Crippen LogP contribution in [0.5, 0.6) is 0 Å². The van der Waals surface area contributed by atoms with Crippen LogP contribution in [0.3, 0.4) is 0 Å². The van der Waals surface area contributed by atoms with Crippen molar-refractivity contribution in [3.8, 4) is 0 Å². The van der Waals surface area contributed by atoms with Gasteiger partial charge in [0.2, 0.25) is 0 Å². The number of hydrogen-bond acceptors (Lipinski definition) is 1. The molecule has 2 aliphatic carbocycles. The summed E-state index contributed by atoms with van der Waals surface area (Å²) in [7, 11) is 0. The predicted octanol–water partition coefficient (Wildman–Crippen LogP) is 2.94. The molecular weight excluding hydrogens is 148 g/mol. The standard InChI is InChI=1S/C11H18O/c1-2-11-8-4-3-5-9(11)6-7-10(11)12/h9H,2-8H2,1H3. The lowest BCUT2D eigenvalue weighted by Gasteiger charge is -2.37. The Hall–Kier alpha value is -0.330. The average molecular weight is 166 g/mol. The molecule has 0 amide bonds. The molecule has 1 heteroatoms. The summed E-state index contributed by atoms with van der Waals surface area (Å²) in [5, 5.41) is 0. The van der Waals surface area contributed by atoms with E-state index in [4.69, 9.17) is 0 Å². The van der Waals surface area contributed by atoms with Crippen LogP contribution < -0.4 is 0 Å². The van der Waals surface area contributed by atoms with Crippen molar-refractivity contribution in [1.29, 1.82) is 0 Å². The monoisotopic (exact) mass is 166 g/mol. The lowest BCUT2D eigenvalue weighted by molar-refractivity contribution is -0.129. The summed E-state index contributed by atoms with van der Waals surface area (Å²) >= 11 is 0. The smallest absolute Gasteiger partial charge is 0.139 e. The third-order valence-corrected chi connectivity index (χ3v) is 4.11. The molecule has 0 saturated heterocycles. The number of carbonyl (C=O) groups is 1. The molecule has 2 saturated carbocycles. The van der Waals surface area contributed by atoms with E-state index in [2.05, 4.69) is 6.92 Å². The SMILES string of the molecule is CCC12CCCCC1CCC2=O. The van der Waals surface area contributed by atoms with E-state index in [-0.39, 0.29) is 5.41 Å². The van der Waals surface area contributed by atoms with Gasteiger partial charge >= 0.3 is 0 Å². The Balaban J connectivity index is 2.25. The average Bonchev–Trinajstić information content (AvgIpc) is 2.45. The quantitative estimate of drug-likeness (QED) is 0.585. The Labute approximate surface area is 74.5 Å². The summed E-state index contributed by atoms with van der Waals surface area (Å²) in [6.45, 7) is 2.20. The van der Waals surface area contributed by atoms with Crippen LogP contribution >= 0.6 is 0 Å². The van der Waals surface area contributed by atoms with Crippen LogP contribution in [0, 0.1) is 11.3 Å². The van der Waals surface area contributed by atoms with Crippen molar-refractivity contribution in [2.24, 2.45) is 11.3 Å². The van der Waals surface area contributed by atoms with E-state index in [0.717, 1.165) is 18.8 Å². The van der Waals surface area contributed by atoms with Crippen LogP contribution in [0.25, 0.3) is 0 Å². The molecule has 1 nitrogen and oxygen atoms in total. The van der Waals surface area contributed by atoms with E-state index >= 15 is 0 Å². The summed E-state index contributed by atoms with van der Waals surface area (Å²) in [6.07, 6.45) is 8.31. The Morgan fingerprint density at radius 3 is 2.92 bits per heavy atom. The van der Waals surface area contributed by atoms with Gasteiger partial charge < -0.3 is 0 Å². The maximum atomic E-state index is 11.8. The zero-order chi connectivity index (χ0) is 8.60. The first-order valence-corrected chi connectivity index (χ1v) is 5.33. The van der Waals surface area contributed by atoms with Crippen molar-refractivity contribution < 1.29 is 4.79 Å². The molecule has 2 aliphatic rings. The van der Waals surface area contributed by atoms with Gasteiger partial charge in [0, 0.05) is 11.8 Å². The van der Waals surface area contributed by atoms with Gasteiger partial charge in [-0.1, -0.05) is 19.8 Å². The molecule has 12 heavy (non-hydrogen) atoms. The van der Waals surface area contributed by atoms with Crippen LogP contribution in [-0.4, -0.2) is 5.78 Å². The van der Waals surface area contributed by atoms with Crippen LogP contribution in [0.2, 0.25) is 0 Å².